The predicted molar refractivity (Wildman–Crippen MR) is 62.5 cm³/mol. The van der Waals surface area contributed by atoms with Crippen LogP contribution in [0.25, 0.3) is 0 Å². The van der Waals surface area contributed by atoms with Gasteiger partial charge in [-0.05, 0) is 24.6 Å². The van der Waals surface area contributed by atoms with Crippen LogP contribution in [0.3, 0.4) is 0 Å². The van der Waals surface area contributed by atoms with E-state index in [0.29, 0.717) is 5.69 Å². The quantitative estimate of drug-likeness (QED) is 0.812. The van der Waals surface area contributed by atoms with Crippen molar-refractivity contribution in [3.8, 4) is 0 Å². The lowest BCUT2D eigenvalue weighted by molar-refractivity contribution is -0.119. The van der Waals surface area contributed by atoms with Gasteiger partial charge in [-0.2, -0.15) is 0 Å². The Kier molecular flexibility index (Phi) is 3.54. The minimum Gasteiger partial charge on any atom is -0.369 e. The molecule has 0 spiro atoms. The van der Waals surface area contributed by atoms with Gasteiger partial charge in [0.1, 0.15) is 0 Å². The Labute approximate surface area is 94.7 Å². The lowest BCUT2D eigenvalue weighted by atomic mass is 10.0. The van der Waals surface area contributed by atoms with Crippen LogP contribution >= 0.6 is 0 Å². The summed E-state index contributed by atoms with van der Waals surface area (Å²) in [5.74, 6) is -0.795. The summed E-state index contributed by atoms with van der Waals surface area (Å²) < 4.78 is 24.2. The minimum absolute atomic E-state index is 0.382. The second kappa shape index (κ2) is 4.52. The number of sulfonamides is 1. The first-order valence-electron chi connectivity index (χ1n) is 4.66. The molecular formula is C10H14N2O3S. The van der Waals surface area contributed by atoms with Crippen LogP contribution in [0.5, 0.6) is 0 Å². The van der Waals surface area contributed by atoms with Gasteiger partial charge >= 0.3 is 0 Å². The number of rotatable bonds is 4. The molecule has 1 amide bonds. The first kappa shape index (κ1) is 12.5. The van der Waals surface area contributed by atoms with E-state index in [-0.39, 0.29) is 5.92 Å². The van der Waals surface area contributed by atoms with Crippen LogP contribution in [0.2, 0.25) is 0 Å². The Bertz CT molecular complexity index is 479. The monoisotopic (exact) mass is 242 g/mol. The number of hydrogen-bond acceptors (Lipinski definition) is 3. The number of anilines is 1. The van der Waals surface area contributed by atoms with E-state index in [4.69, 9.17) is 5.73 Å². The molecular weight excluding hydrogens is 228 g/mol. The fourth-order valence-corrected chi connectivity index (χ4v) is 1.78. The highest BCUT2D eigenvalue weighted by molar-refractivity contribution is 7.92. The highest BCUT2D eigenvalue weighted by Gasteiger charge is 2.11. The Hall–Kier alpha value is -1.56. The van der Waals surface area contributed by atoms with Crippen molar-refractivity contribution in [1.29, 1.82) is 0 Å². The number of carbonyl (C=O) groups is 1. The summed E-state index contributed by atoms with van der Waals surface area (Å²) in [6.45, 7) is 1.70. The summed E-state index contributed by atoms with van der Waals surface area (Å²) >= 11 is 0. The molecule has 1 atom stereocenters. The number of nitrogens with two attached hydrogens (primary N) is 1. The lowest BCUT2D eigenvalue weighted by Crippen LogP contribution is -2.18. The third kappa shape index (κ3) is 3.54. The van der Waals surface area contributed by atoms with E-state index < -0.39 is 15.9 Å². The maximum Gasteiger partial charge on any atom is 0.229 e. The molecule has 0 bridgehead atoms. The van der Waals surface area contributed by atoms with E-state index in [1.807, 2.05) is 0 Å². The molecule has 3 N–H and O–H groups in total. The molecule has 0 aromatic heterocycles. The molecule has 0 unspecified atom stereocenters. The highest BCUT2D eigenvalue weighted by atomic mass is 32.2. The van der Waals surface area contributed by atoms with Crippen molar-refractivity contribution in [3.63, 3.8) is 0 Å². The summed E-state index contributed by atoms with van der Waals surface area (Å²) in [7, 11) is -3.27. The van der Waals surface area contributed by atoms with Crippen molar-refractivity contribution in [2.75, 3.05) is 11.0 Å². The molecule has 0 fully saturated rings. The van der Waals surface area contributed by atoms with E-state index >= 15 is 0 Å². The molecule has 0 aliphatic carbocycles. The molecule has 0 saturated carbocycles. The zero-order valence-electron chi connectivity index (χ0n) is 9.10. The predicted octanol–water partition coefficient (Wildman–Crippen LogP) is 0.647. The number of primary amides is 1. The van der Waals surface area contributed by atoms with E-state index in [2.05, 4.69) is 4.72 Å². The van der Waals surface area contributed by atoms with E-state index in [9.17, 15) is 13.2 Å². The molecule has 0 radical (unpaired) electrons. The minimum atomic E-state index is -3.27. The number of carbonyl (C=O) groups excluding carboxylic acids is 1. The van der Waals surface area contributed by atoms with Crippen LogP contribution in [0, 0.1) is 0 Å². The summed E-state index contributed by atoms with van der Waals surface area (Å²) in [5, 5.41) is 0. The van der Waals surface area contributed by atoms with Gasteiger partial charge in [-0.1, -0.05) is 12.1 Å². The maximum absolute atomic E-state index is 10.9. The highest BCUT2D eigenvalue weighted by Crippen LogP contribution is 2.17. The van der Waals surface area contributed by atoms with Crippen LogP contribution < -0.4 is 10.5 Å². The van der Waals surface area contributed by atoms with Crippen molar-refractivity contribution < 1.29 is 13.2 Å². The van der Waals surface area contributed by atoms with Crippen LogP contribution in [-0.4, -0.2) is 20.6 Å². The van der Waals surface area contributed by atoms with Crippen molar-refractivity contribution in [1.82, 2.24) is 0 Å². The lowest BCUT2D eigenvalue weighted by Gasteiger charge is -2.09. The van der Waals surface area contributed by atoms with Gasteiger partial charge in [-0.3, -0.25) is 9.52 Å². The Morgan fingerprint density at radius 1 is 1.31 bits per heavy atom. The van der Waals surface area contributed by atoms with Gasteiger partial charge in [0, 0.05) is 5.69 Å². The normalized spacial score (nSPS) is 13.1. The van der Waals surface area contributed by atoms with Gasteiger partial charge in [0.15, 0.2) is 0 Å². The molecule has 0 heterocycles. The molecule has 88 valence electrons. The summed E-state index contributed by atoms with van der Waals surface area (Å²) in [6, 6.07) is 6.53. The third-order valence-electron chi connectivity index (χ3n) is 2.14. The van der Waals surface area contributed by atoms with E-state index in [0.717, 1.165) is 11.8 Å². The van der Waals surface area contributed by atoms with Crippen LogP contribution in [0.1, 0.15) is 18.4 Å². The van der Waals surface area contributed by atoms with Gasteiger partial charge in [-0.15, -0.1) is 0 Å². The first-order chi connectivity index (χ1) is 7.29. The molecule has 5 nitrogen and oxygen atoms in total. The van der Waals surface area contributed by atoms with Crippen LogP contribution in [-0.2, 0) is 14.8 Å². The van der Waals surface area contributed by atoms with Crippen molar-refractivity contribution in [2.45, 2.75) is 12.8 Å². The maximum atomic E-state index is 10.9. The van der Waals surface area contributed by atoms with Crippen molar-refractivity contribution >= 4 is 21.6 Å². The second-order valence-electron chi connectivity index (χ2n) is 3.62. The largest absolute Gasteiger partial charge is 0.369 e. The summed E-state index contributed by atoms with van der Waals surface area (Å²) in [6.07, 6.45) is 1.08. The Morgan fingerprint density at radius 2 is 1.81 bits per heavy atom. The molecule has 1 aromatic carbocycles. The molecule has 16 heavy (non-hydrogen) atoms. The number of amides is 1. The Morgan fingerprint density at radius 3 is 2.19 bits per heavy atom. The van der Waals surface area contributed by atoms with Crippen LogP contribution in [0.4, 0.5) is 5.69 Å². The fraction of sp³-hybridized carbons (Fsp3) is 0.300. The molecule has 0 aliphatic heterocycles. The zero-order valence-corrected chi connectivity index (χ0v) is 9.91. The van der Waals surface area contributed by atoms with Crippen molar-refractivity contribution in [3.05, 3.63) is 29.8 Å². The molecule has 1 aromatic rings. The zero-order chi connectivity index (χ0) is 12.3. The number of hydrogen-bond donors (Lipinski definition) is 2. The number of nitrogens with one attached hydrogen (secondary N) is 1. The van der Waals surface area contributed by atoms with Gasteiger partial charge in [0.25, 0.3) is 0 Å². The molecule has 1 rings (SSSR count). The Balaban J connectivity index is 2.87. The van der Waals surface area contributed by atoms with Gasteiger partial charge in [0.2, 0.25) is 15.9 Å². The standard InChI is InChI=1S/C10H14N2O3S/c1-7(10(11)13)8-3-5-9(6-4-8)12-16(2,14)15/h3-7,12H,1-2H3,(H2,11,13)/t7-/m0/s1. The van der Waals surface area contributed by atoms with E-state index in [1.54, 1.807) is 31.2 Å². The third-order valence-corrected chi connectivity index (χ3v) is 2.75. The van der Waals surface area contributed by atoms with Gasteiger partial charge in [-0.25, -0.2) is 8.42 Å². The van der Waals surface area contributed by atoms with E-state index in [1.165, 1.54) is 0 Å². The second-order valence-corrected chi connectivity index (χ2v) is 5.37. The molecule has 0 saturated heterocycles. The SMILES string of the molecule is C[C@H](C(N)=O)c1ccc(NS(C)(=O)=O)cc1. The molecule has 6 heteroatoms. The molecule has 0 aliphatic rings. The van der Waals surface area contributed by atoms with Crippen molar-refractivity contribution in [2.24, 2.45) is 5.73 Å². The summed E-state index contributed by atoms with van der Waals surface area (Å²) in [5.41, 5.74) is 6.37. The smallest absolute Gasteiger partial charge is 0.229 e. The average Bonchev–Trinajstić information content (AvgIpc) is 2.15. The summed E-state index contributed by atoms with van der Waals surface area (Å²) in [4.78, 5) is 10.9. The topological polar surface area (TPSA) is 89.3 Å². The first-order valence-corrected chi connectivity index (χ1v) is 6.56. The number of benzene rings is 1. The van der Waals surface area contributed by atoms with Gasteiger partial charge in [0.05, 0.1) is 12.2 Å². The average molecular weight is 242 g/mol. The van der Waals surface area contributed by atoms with Crippen LogP contribution in [0.15, 0.2) is 24.3 Å². The van der Waals surface area contributed by atoms with Gasteiger partial charge < -0.3 is 5.73 Å². The fourth-order valence-electron chi connectivity index (χ4n) is 1.22.